The quantitative estimate of drug-likeness (QED) is 0.672. The molecule has 0 fully saturated rings. The van der Waals surface area contributed by atoms with Crippen molar-refractivity contribution in [2.45, 2.75) is 19.4 Å². The number of thiazole rings is 1. The van der Waals surface area contributed by atoms with E-state index in [-0.39, 0.29) is 11.9 Å². The summed E-state index contributed by atoms with van der Waals surface area (Å²) in [6, 6.07) is 13.8. The Morgan fingerprint density at radius 2 is 1.93 bits per heavy atom. The van der Waals surface area contributed by atoms with E-state index in [1.807, 2.05) is 46.7 Å². The molecule has 0 aliphatic carbocycles. The summed E-state index contributed by atoms with van der Waals surface area (Å²) < 4.78 is 10.6. The lowest BCUT2D eigenvalue weighted by molar-refractivity contribution is 0.0977. The number of ether oxygens (including phenoxy) is 2. The molecule has 4 rings (SSSR count). The van der Waals surface area contributed by atoms with Gasteiger partial charge in [0.15, 0.2) is 11.5 Å². The molecular formula is C21H20N2O3S. The van der Waals surface area contributed by atoms with Gasteiger partial charge in [0.25, 0.3) is 5.91 Å². The SMILES string of the molecule is COc1ccc(-c2nc(C(=O)N3c4ccccc4CC3C)cs2)cc1OC. The highest BCUT2D eigenvalue weighted by Gasteiger charge is 2.32. The zero-order chi connectivity index (χ0) is 19.0. The van der Waals surface area contributed by atoms with E-state index in [1.165, 1.54) is 16.9 Å². The van der Waals surface area contributed by atoms with Crippen LogP contribution in [0.25, 0.3) is 10.6 Å². The summed E-state index contributed by atoms with van der Waals surface area (Å²) in [6.07, 6.45) is 0.870. The number of methoxy groups -OCH3 is 2. The van der Waals surface area contributed by atoms with Crippen molar-refractivity contribution >= 4 is 22.9 Å². The van der Waals surface area contributed by atoms with Gasteiger partial charge in [0.05, 0.1) is 14.2 Å². The fourth-order valence-corrected chi connectivity index (χ4v) is 4.26. The lowest BCUT2D eigenvalue weighted by Crippen LogP contribution is -2.35. The van der Waals surface area contributed by atoms with E-state index in [9.17, 15) is 4.79 Å². The van der Waals surface area contributed by atoms with Crippen LogP contribution in [0.3, 0.4) is 0 Å². The van der Waals surface area contributed by atoms with Gasteiger partial charge in [0, 0.05) is 22.7 Å². The van der Waals surface area contributed by atoms with Gasteiger partial charge in [-0.25, -0.2) is 4.98 Å². The molecular weight excluding hydrogens is 360 g/mol. The molecule has 1 unspecified atom stereocenters. The Morgan fingerprint density at radius 1 is 1.15 bits per heavy atom. The fourth-order valence-electron chi connectivity index (χ4n) is 3.47. The van der Waals surface area contributed by atoms with Gasteiger partial charge in [-0.2, -0.15) is 0 Å². The molecule has 6 heteroatoms. The maximum Gasteiger partial charge on any atom is 0.278 e. The van der Waals surface area contributed by atoms with Crippen LogP contribution in [0.2, 0.25) is 0 Å². The fraction of sp³-hybridized carbons (Fsp3) is 0.238. The number of aromatic nitrogens is 1. The molecule has 5 nitrogen and oxygen atoms in total. The number of amides is 1. The number of rotatable bonds is 4. The normalized spacial score (nSPS) is 15.5. The van der Waals surface area contributed by atoms with E-state index in [2.05, 4.69) is 18.0 Å². The number of para-hydroxylation sites is 1. The number of hydrogen-bond donors (Lipinski definition) is 0. The molecule has 0 saturated carbocycles. The molecule has 1 aromatic heterocycles. The molecule has 0 bridgehead atoms. The molecule has 0 N–H and O–H groups in total. The molecule has 138 valence electrons. The van der Waals surface area contributed by atoms with E-state index >= 15 is 0 Å². The van der Waals surface area contributed by atoms with Crippen molar-refractivity contribution in [2.75, 3.05) is 19.1 Å². The van der Waals surface area contributed by atoms with Crippen LogP contribution in [0.4, 0.5) is 5.69 Å². The first kappa shape index (κ1) is 17.5. The number of benzene rings is 2. The lowest BCUT2D eigenvalue weighted by Gasteiger charge is -2.21. The Hall–Kier alpha value is -2.86. The molecule has 1 amide bonds. The van der Waals surface area contributed by atoms with Gasteiger partial charge in [-0.1, -0.05) is 18.2 Å². The minimum atomic E-state index is -0.0598. The second kappa shape index (κ2) is 7.04. The highest BCUT2D eigenvalue weighted by molar-refractivity contribution is 7.13. The number of fused-ring (bicyclic) bond motifs is 1. The summed E-state index contributed by atoms with van der Waals surface area (Å²) in [7, 11) is 3.21. The van der Waals surface area contributed by atoms with Crippen LogP contribution in [-0.2, 0) is 6.42 Å². The smallest absolute Gasteiger partial charge is 0.278 e. The van der Waals surface area contributed by atoms with Crippen molar-refractivity contribution in [3.63, 3.8) is 0 Å². The zero-order valence-corrected chi connectivity index (χ0v) is 16.2. The first-order chi connectivity index (χ1) is 13.1. The number of anilines is 1. The van der Waals surface area contributed by atoms with Gasteiger partial charge >= 0.3 is 0 Å². The molecule has 0 spiro atoms. The highest BCUT2D eigenvalue weighted by atomic mass is 32.1. The van der Waals surface area contributed by atoms with Crippen LogP contribution in [0, 0.1) is 0 Å². The van der Waals surface area contributed by atoms with Gasteiger partial charge in [0.2, 0.25) is 0 Å². The molecule has 3 aromatic rings. The third kappa shape index (κ3) is 3.06. The maximum atomic E-state index is 13.1. The summed E-state index contributed by atoms with van der Waals surface area (Å²) in [5.41, 5.74) is 3.55. The number of hydrogen-bond acceptors (Lipinski definition) is 5. The molecule has 2 heterocycles. The topological polar surface area (TPSA) is 51.7 Å². The maximum absolute atomic E-state index is 13.1. The van der Waals surface area contributed by atoms with Crippen molar-refractivity contribution in [1.82, 2.24) is 4.98 Å². The van der Waals surface area contributed by atoms with Crippen LogP contribution >= 0.6 is 11.3 Å². The molecule has 1 aliphatic heterocycles. The Morgan fingerprint density at radius 3 is 2.70 bits per heavy atom. The predicted octanol–water partition coefficient (Wildman–Crippen LogP) is 4.42. The first-order valence-electron chi connectivity index (χ1n) is 8.71. The summed E-state index contributed by atoms with van der Waals surface area (Å²) in [5.74, 6) is 1.24. The Balaban J connectivity index is 1.64. The minimum absolute atomic E-state index is 0.0598. The van der Waals surface area contributed by atoms with Gasteiger partial charge in [-0.15, -0.1) is 11.3 Å². The van der Waals surface area contributed by atoms with Crippen molar-refractivity contribution in [1.29, 1.82) is 0 Å². The summed E-state index contributed by atoms with van der Waals surface area (Å²) in [5, 5.41) is 2.60. The van der Waals surface area contributed by atoms with Gasteiger partial charge in [0.1, 0.15) is 10.7 Å². The van der Waals surface area contributed by atoms with Crippen LogP contribution in [0.5, 0.6) is 11.5 Å². The number of nitrogens with zero attached hydrogens (tertiary/aromatic N) is 2. The molecule has 0 radical (unpaired) electrons. The predicted molar refractivity (Wildman–Crippen MR) is 107 cm³/mol. The van der Waals surface area contributed by atoms with Crippen LogP contribution < -0.4 is 14.4 Å². The van der Waals surface area contributed by atoms with Crippen molar-refractivity contribution in [3.8, 4) is 22.1 Å². The summed E-state index contributed by atoms with van der Waals surface area (Å²) in [6.45, 7) is 2.07. The van der Waals surface area contributed by atoms with Gasteiger partial charge in [-0.3, -0.25) is 4.79 Å². The second-order valence-electron chi connectivity index (χ2n) is 6.46. The largest absolute Gasteiger partial charge is 0.493 e. The van der Waals surface area contributed by atoms with Crippen LogP contribution in [-0.4, -0.2) is 31.2 Å². The molecule has 0 saturated heterocycles. The van der Waals surface area contributed by atoms with Crippen molar-refractivity contribution in [2.24, 2.45) is 0 Å². The van der Waals surface area contributed by atoms with Crippen molar-refractivity contribution in [3.05, 3.63) is 59.1 Å². The average molecular weight is 380 g/mol. The third-order valence-electron chi connectivity index (χ3n) is 4.78. The molecule has 1 atom stereocenters. The van der Waals surface area contributed by atoms with Gasteiger partial charge in [-0.05, 0) is 43.2 Å². The Bertz CT molecular complexity index is 999. The Kier molecular flexibility index (Phi) is 4.58. The first-order valence-corrected chi connectivity index (χ1v) is 9.59. The molecule has 2 aromatic carbocycles. The monoisotopic (exact) mass is 380 g/mol. The average Bonchev–Trinajstić information content (AvgIpc) is 3.31. The molecule has 1 aliphatic rings. The lowest BCUT2D eigenvalue weighted by atomic mass is 10.1. The van der Waals surface area contributed by atoms with E-state index in [4.69, 9.17) is 9.47 Å². The summed E-state index contributed by atoms with van der Waals surface area (Å²) in [4.78, 5) is 19.6. The zero-order valence-electron chi connectivity index (χ0n) is 15.4. The molecule has 27 heavy (non-hydrogen) atoms. The van der Waals surface area contributed by atoms with Gasteiger partial charge < -0.3 is 14.4 Å². The number of carbonyl (C=O) groups is 1. The van der Waals surface area contributed by atoms with Crippen LogP contribution in [0.1, 0.15) is 23.0 Å². The minimum Gasteiger partial charge on any atom is -0.493 e. The highest BCUT2D eigenvalue weighted by Crippen LogP contribution is 2.36. The second-order valence-corrected chi connectivity index (χ2v) is 7.32. The third-order valence-corrected chi connectivity index (χ3v) is 5.67. The van der Waals surface area contributed by atoms with E-state index < -0.39 is 0 Å². The standard InChI is InChI=1S/C21H20N2O3S/c1-13-10-14-6-4-5-7-17(14)23(13)21(24)16-12-27-20(22-16)15-8-9-18(25-2)19(11-15)26-3/h4-9,11-13H,10H2,1-3H3. The van der Waals surface area contributed by atoms with E-state index in [1.54, 1.807) is 14.2 Å². The Labute approximate surface area is 162 Å². The number of carbonyl (C=O) groups excluding carboxylic acids is 1. The van der Waals surface area contributed by atoms with Crippen molar-refractivity contribution < 1.29 is 14.3 Å². The van der Waals surface area contributed by atoms with Crippen LogP contribution in [0.15, 0.2) is 47.8 Å². The summed E-state index contributed by atoms with van der Waals surface area (Å²) >= 11 is 1.45. The van der Waals surface area contributed by atoms with E-state index in [0.717, 1.165) is 22.7 Å². The van der Waals surface area contributed by atoms with E-state index in [0.29, 0.717) is 17.2 Å².